The predicted octanol–water partition coefficient (Wildman–Crippen LogP) is 2.50. The van der Waals surface area contributed by atoms with Gasteiger partial charge in [0.2, 0.25) is 11.8 Å². The van der Waals surface area contributed by atoms with Gasteiger partial charge in [0.05, 0.1) is 5.92 Å². The molecule has 0 bridgehead atoms. The number of hydrogen-bond acceptors (Lipinski definition) is 4. The fourth-order valence-electron chi connectivity index (χ4n) is 2.85. The molecule has 0 aliphatic carbocycles. The lowest BCUT2D eigenvalue weighted by atomic mass is 9.92. The number of amides is 2. The monoisotopic (exact) mass is 280 g/mol. The highest BCUT2D eigenvalue weighted by atomic mass is 16.5. The van der Waals surface area contributed by atoms with Crippen LogP contribution < -0.4 is 5.32 Å². The fraction of sp³-hybridized carbons (Fsp3) is 0.188. The highest BCUT2D eigenvalue weighted by molar-refractivity contribution is 6.03. The average molecular weight is 280 g/mol. The van der Waals surface area contributed by atoms with Crippen LogP contribution in [0.4, 0.5) is 0 Å². The Morgan fingerprint density at radius 1 is 1.14 bits per heavy atom. The Hall–Kier alpha value is -2.69. The molecule has 21 heavy (non-hydrogen) atoms. The zero-order valence-corrected chi connectivity index (χ0v) is 11.1. The number of benzene rings is 2. The quantitative estimate of drug-likeness (QED) is 0.695. The molecule has 1 N–H and O–H groups in total. The summed E-state index contributed by atoms with van der Waals surface area (Å²) in [5.74, 6) is -0.950. The molecule has 1 aliphatic heterocycles. The lowest BCUT2D eigenvalue weighted by molar-refractivity contribution is -0.134. The average Bonchev–Trinajstić information content (AvgIpc) is 2.88. The Morgan fingerprint density at radius 3 is 2.67 bits per heavy atom. The zero-order chi connectivity index (χ0) is 14.4. The standard InChI is InChI=1S/C16H12N2O3/c19-14-6-5-11(16(20)17-14)15-12-7-9-3-1-2-4-10(9)8-13(12)21-18-15/h1-4,7-8,11H,5-6H2,(H,17,19,20). The second kappa shape index (κ2) is 4.41. The number of hydrogen-bond donors (Lipinski definition) is 1. The van der Waals surface area contributed by atoms with Crippen molar-refractivity contribution < 1.29 is 14.1 Å². The van der Waals surface area contributed by atoms with E-state index < -0.39 is 5.92 Å². The molecular weight excluding hydrogens is 268 g/mol. The number of aromatic nitrogens is 1. The third kappa shape index (κ3) is 1.89. The summed E-state index contributed by atoms with van der Waals surface area (Å²) in [6.07, 6.45) is 0.803. The van der Waals surface area contributed by atoms with Crippen LogP contribution in [0.15, 0.2) is 40.9 Å². The van der Waals surface area contributed by atoms with E-state index in [-0.39, 0.29) is 11.8 Å². The first-order valence-electron chi connectivity index (χ1n) is 6.84. The molecule has 1 aliphatic rings. The van der Waals surface area contributed by atoms with Crippen molar-refractivity contribution in [2.24, 2.45) is 0 Å². The van der Waals surface area contributed by atoms with Gasteiger partial charge in [-0.2, -0.15) is 0 Å². The van der Waals surface area contributed by atoms with Crippen LogP contribution in [0.2, 0.25) is 0 Å². The van der Waals surface area contributed by atoms with Crippen molar-refractivity contribution in [2.45, 2.75) is 18.8 Å². The summed E-state index contributed by atoms with van der Waals surface area (Å²) in [7, 11) is 0. The number of piperidine rings is 1. The summed E-state index contributed by atoms with van der Waals surface area (Å²) in [6.45, 7) is 0. The molecule has 1 fully saturated rings. The third-order valence-electron chi connectivity index (χ3n) is 3.94. The smallest absolute Gasteiger partial charge is 0.235 e. The van der Waals surface area contributed by atoms with E-state index in [9.17, 15) is 9.59 Å². The van der Waals surface area contributed by atoms with Gasteiger partial charge in [-0.25, -0.2) is 0 Å². The van der Waals surface area contributed by atoms with E-state index in [0.717, 1.165) is 16.2 Å². The Labute approximate surface area is 119 Å². The summed E-state index contributed by atoms with van der Waals surface area (Å²) in [5.41, 5.74) is 1.27. The van der Waals surface area contributed by atoms with E-state index in [0.29, 0.717) is 24.1 Å². The lowest BCUT2D eigenvalue weighted by Crippen LogP contribution is -2.39. The largest absolute Gasteiger partial charge is 0.356 e. The molecule has 0 spiro atoms. The molecule has 1 atom stereocenters. The third-order valence-corrected chi connectivity index (χ3v) is 3.94. The van der Waals surface area contributed by atoms with Crippen LogP contribution in [-0.4, -0.2) is 17.0 Å². The van der Waals surface area contributed by atoms with Crippen LogP contribution in [0.25, 0.3) is 21.7 Å². The topological polar surface area (TPSA) is 72.2 Å². The summed E-state index contributed by atoms with van der Waals surface area (Å²) >= 11 is 0. The zero-order valence-electron chi connectivity index (χ0n) is 11.1. The fourth-order valence-corrected chi connectivity index (χ4v) is 2.85. The molecule has 1 aromatic heterocycles. The molecule has 5 heteroatoms. The minimum Gasteiger partial charge on any atom is -0.356 e. The SMILES string of the molecule is O=C1CCC(c2noc3cc4ccccc4cc23)C(=O)N1. The number of rotatable bonds is 1. The maximum absolute atomic E-state index is 12.0. The van der Waals surface area contributed by atoms with Crippen molar-refractivity contribution in [1.29, 1.82) is 0 Å². The first-order chi connectivity index (χ1) is 10.2. The van der Waals surface area contributed by atoms with Gasteiger partial charge in [0.25, 0.3) is 0 Å². The van der Waals surface area contributed by atoms with Gasteiger partial charge in [-0.05, 0) is 29.3 Å². The summed E-state index contributed by atoms with van der Waals surface area (Å²) < 4.78 is 5.37. The summed E-state index contributed by atoms with van der Waals surface area (Å²) in [6, 6.07) is 11.9. The first-order valence-corrected chi connectivity index (χ1v) is 6.84. The Bertz CT molecular complexity index is 881. The van der Waals surface area contributed by atoms with Crippen LogP contribution in [-0.2, 0) is 9.59 Å². The van der Waals surface area contributed by atoms with Crippen LogP contribution in [0.5, 0.6) is 0 Å². The molecule has 2 amide bonds. The van der Waals surface area contributed by atoms with Gasteiger partial charge in [0, 0.05) is 11.8 Å². The number of imide groups is 1. The summed E-state index contributed by atoms with van der Waals surface area (Å²) in [4.78, 5) is 23.2. The number of carbonyl (C=O) groups is 2. The van der Waals surface area contributed by atoms with E-state index in [1.54, 1.807) is 0 Å². The van der Waals surface area contributed by atoms with E-state index in [2.05, 4.69) is 10.5 Å². The molecule has 2 heterocycles. The maximum Gasteiger partial charge on any atom is 0.235 e. The Kier molecular flexibility index (Phi) is 2.54. The van der Waals surface area contributed by atoms with Gasteiger partial charge in [0.1, 0.15) is 5.69 Å². The number of nitrogens with zero attached hydrogens (tertiary/aromatic N) is 1. The lowest BCUT2D eigenvalue weighted by Gasteiger charge is -2.18. The molecule has 4 rings (SSSR count). The van der Waals surface area contributed by atoms with Crippen molar-refractivity contribution in [3.05, 3.63) is 42.1 Å². The van der Waals surface area contributed by atoms with E-state index in [1.165, 1.54) is 0 Å². The Morgan fingerprint density at radius 2 is 1.90 bits per heavy atom. The second-order valence-corrected chi connectivity index (χ2v) is 5.27. The van der Waals surface area contributed by atoms with Crippen molar-refractivity contribution in [3.8, 4) is 0 Å². The normalized spacial score (nSPS) is 19.1. The summed E-state index contributed by atoms with van der Waals surface area (Å²) in [5, 5.41) is 9.40. The van der Waals surface area contributed by atoms with Crippen molar-refractivity contribution in [2.75, 3.05) is 0 Å². The Balaban J connectivity index is 1.87. The van der Waals surface area contributed by atoms with Crippen molar-refractivity contribution in [1.82, 2.24) is 10.5 Å². The molecule has 1 saturated heterocycles. The number of fused-ring (bicyclic) bond motifs is 2. The molecule has 0 radical (unpaired) electrons. The highest BCUT2D eigenvalue weighted by Crippen LogP contribution is 2.32. The maximum atomic E-state index is 12.0. The van der Waals surface area contributed by atoms with Gasteiger partial charge in [0.15, 0.2) is 5.58 Å². The molecule has 3 aromatic rings. The van der Waals surface area contributed by atoms with Gasteiger partial charge < -0.3 is 4.52 Å². The molecule has 5 nitrogen and oxygen atoms in total. The van der Waals surface area contributed by atoms with Gasteiger partial charge in [-0.3, -0.25) is 14.9 Å². The van der Waals surface area contributed by atoms with Crippen molar-refractivity contribution >= 4 is 33.6 Å². The van der Waals surface area contributed by atoms with Crippen LogP contribution in [0.1, 0.15) is 24.5 Å². The van der Waals surface area contributed by atoms with Gasteiger partial charge in [-0.1, -0.05) is 29.4 Å². The van der Waals surface area contributed by atoms with E-state index in [1.807, 2.05) is 36.4 Å². The van der Waals surface area contributed by atoms with Crippen LogP contribution >= 0.6 is 0 Å². The van der Waals surface area contributed by atoms with E-state index in [4.69, 9.17) is 4.52 Å². The van der Waals surface area contributed by atoms with E-state index >= 15 is 0 Å². The molecule has 104 valence electrons. The van der Waals surface area contributed by atoms with Crippen LogP contribution in [0.3, 0.4) is 0 Å². The molecule has 0 saturated carbocycles. The minimum absolute atomic E-state index is 0.227. The molecule has 1 unspecified atom stereocenters. The second-order valence-electron chi connectivity index (χ2n) is 5.27. The number of carbonyl (C=O) groups excluding carboxylic acids is 2. The van der Waals surface area contributed by atoms with Gasteiger partial charge >= 0.3 is 0 Å². The number of nitrogens with one attached hydrogen (secondary N) is 1. The first kappa shape index (κ1) is 12.1. The molecular formula is C16H12N2O3. The minimum atomic E-state index is -0.426. The van der Waals surface area contributed by atoms with Gasteiger partial charge in [-0.15, -0.1) is 0 Å². The molecule has 2 aromatic carbocycles. The van der Waals surface area contributed by atoms with Crippen LogP contribution in [0, 0.1) is 0 Å². The highest BCUT2D eigenvalue weighted by Gasteiger charge is 2.31. The predicted molar refractivity (Wildman–Crippen MR) is 76.6 cm³/mol. The van der Waals surface area contributed by atoms with Crippen molar-refractivity contribution in [3.63, 3.8) is 0 Å².